The van der Waals surface area contributed by atoms with Crippen LogP contribution in [0.3, 0.4) is 0 Å². The maximum atomic E-state index is 10.8. The number of benzene rings is 1. The molecule has 10 N–H and O–H groups in total. The SMILES string of the molecule is O=[N+]([O-])c1ccc(O[C@@H]2O[C@H](CO[C@@H]3O[C@H](CO[C@@H]4O[C@H](CO)[C@H](O)[C@H](O)[C@H]4O)[C@H](O)[C@H](O)[C@H]3O)[C@H](O)[C@H](O)[C@H]2O)cc1. The Morgan fingerprint density at radius 3 is 1.44 bits per heavy atom. The van der Waals surface area contributed by atoms with Gasteiger partial charge in [0.25, 0.3) is 5.69 Å². The molecule has 1 aromatic carbocycles. The summed E-state index contributed by atoms with van der Waals surface area (Å²) in [6, 6.07) is 4.72. The molecule has 3 heterocycles. The first-order chi connectivity index (χ1) is 20.3. The van der Waals surface area contributed by atoms with Crippen LogP contribution in [0.5, 0.6) is 5.75 Å². The fraction of sp³-hybridized carbons (Fsp3) is 0.750. The van der Waals surface area contributed by atoms with E-state index in [0.717, 1.165) is 12.1 Å². The predicted octanol–water partition coefficient (Wildman–Crippen LogP) is -5.58. The van der Waals surface area contributed by atoms with Crippen LogP contribution < -0.4 is 4.74 Å². The van der Waals surface area contributed by atoms with Gasteiger partial charge in [-0.1, -0.05) is 0 Å². The molecular weight excluding hydrogens is 590 g/mol. The Kier molecular flexibility index (Phi) is 11.2. The van der Waals surface area contributed by atoms with Gasteiger partial charge in [-0.05, 0) is 12.1 Å². The summed E-state index contributed by atoms with van der Waals surface area (Å²) in [4.78, 5) is 10.2. The third-order valence-corrected chi connectivity index (χ3v) is 7.33. The topological polar surface area (TPSA) is 301 Å². The molecule has 1 aromatic rings. The summed E-state index contributed by atoms with van der Waals surface area (Å²) in [7, 11) is 0. The zero-order valence-corrected chi connectivity index (χ0v) is 22.3. The van der Waals surface area contributed by atoms with Crippen molar-refractivity contribution in [1.29, 1.82) is 0 Å². The van der Waals surface area contributed by atoms with Crippen LogP contribution in [0, 0.1) is 10.1 Å². The minimum atomic E-state index is -1.84. The van der Waals surface area contributed by atoms with E-state index < -0.39 is 117 Å². The van der Waals surface area contributed by atoms with Gasteiger partial charge in [-0.3, -0.25) is 10.1 Å². The monoisotopic (exact) mass is 625 g/mol. The highest BCUT2D eigenvalue weighted by Crippen LogP contribution is 2.29. The van der Waals surface area contributed by atoms with Gasteiger partial charge in [-0.25, -0.2) is 0 Å². The summed E-state index contributed by atoms with van der Waals surface area (Å²) in [5, 5.41) is 112. The predicted molar refractivity (Wildman–Crippen MR) is 133 cm³/mol. The maximum absolute atomic E-state index is 10.8. The molecule has 244 valence electrons. The Labute approximate surface area is 242 Å². The third-order valence-electron chi connectivity index (χ3n) is 7.33. The molecule has 15 atom stereocenters. The molecule has 0 spiro atoms. The van der Waals surface area contributed by atoms with E-state index in [1.807, 2.05) is 0 Å². The number of nitrogens with zero attached hydrogens (tertiary/aromatic N) is 1. The minimum Gasteiger partial charge on any atom is -0.462 e. The van der Waals surface area contributed by atoms with Gasteiger partial charge >= 0.3 is 0 Å². The third kappa shape index (κ3) is 7.39. The van der Waals surface area contributed by atoms with Gasteiger partial charge < -0.3 is 79.5 Å². The number of nitro groups is 1. The molecule has 0 unspecified atom stereocenters. The van der Waals surface area contributed by atoms with Gasteiger partial charge in [0.2, 0.25) is 6.29 Å². The number of hydrogen-bond acceptors (Lipinski definition) is 18. The molecule has 3 fully saturated rings. The van der Waals surface area contributed by atoms with Crippen molar-refractivity contribution in [2.24, 2.45) is 0 Å². The van der Waals surface area contributed by atoms with E-state index in [9.17, 15) is 61.2 Å². The first kappa shape index (κ1) is 33.7. The highest BCUT2D eigenvalue weighted by atomic mass is 16.7. The van der Waals surface area contributed by atoms with Gasteiger partial charge in [0.15, 0.2) is 12.6 Å². The van der Waals surface area contributed by atoms with Gasteiger partial charge in [0.1, 0.15) is 79.0 Å². The van der Waals surface area contributed by atoms with Crippen molar-refractivity contribution in [3.8, 4) is 5.75 Å². The normalized spacial score (nSPS) is 43.7. The highest BCUT2D eigenvalue weighted by Gasteiger charge is 2.49. The van der Waals surface area contributed by atoms with Crippen LogP contribution in [0.4, 0.5) is 5.69 Å². The van der Waals surface area contributed by atoms with Gasteiger partial charge in [-0.2, -0.15) is 0 Å². The highest BCUT2D eigenvalue weighted by molar-refractivity contribution is 5.36. The van der Waals surface area contributed by atoms with Crippen LogP contribution in [0.1, 0.15) is 0 Å². The molecule has 19 nitrogen and oxygen atoms in total. The average Bonchev–Trinajstić information content (AvgIpc) is 2.99. The molecule has 0 amide bonds. The van der Waals surface area contributed by atoms with Gasteiger partial charge in [-0.15, -0.1) is 0 Å². The second kappa shape index (κ2) is 14.3. The molecule has 0 saturated carbocycles. The van der Waals surface area contributed by atoms with E-state index in [2.05, 4.69) is 0 Å². The Morgan fingerprint density at radius 1 is 0.605 bits per heavy atom. The Morgan fingerprint density at radius 2 is 1.00 bits per heavy atom. The lowest BCUT2D eigenvalue weighted by Crippen LogP contribution is -2.63. The van der Waals surface area contributed by atoms with Crippen molar-refractivity contribution < 1.29 is 84.4 Å². The molecule has 4 rings (SSSR count). The van der Waals surface area contributed by atoms with E-state index >= 15 is 0 Å². The summed E-state index contributed by atoms with van der Waals surface area (Å²) in [5.41, 5.74) is -0.227. The molecule has 19 heteroatoms. The molecule has 3 aliphatic heterocycles. The summed E-state index contributed by atoms with van der Waals surface area (Å²) in [6.45, 7) is -1.93. The number of rotatable bonds is 10. The Bertz CT molecular complexity index is 1050. The second-order valence-electron chi connectivity index (χ2n) is 10.3. The molecule has 3 saturated heterocycles. The van der Waals surface area contributed by atoms with E-state index in [-0.39, 0.29) is 11.4 Å². The molecule has 0 aromatic heterocycles. The lowest BCUT2D eigenvalue weighted by atomic mass is 9.98. The van der Waals surface area contributed by atoms with Crippen molar-refractivity contribution >= 4 is 5.69 Å². The average molecular weight is 626 g/mol. The van der Waals surface area contributed by atoms with Gasteiger partial charge in [0.05, 0.1) is 24.7 Å². The number of nitro benzene ring substituents is 1. The largest absolute Gasteiger partial charge is 0.462 e. The van der Waals surface area contributed by atoms with E-state index in [1.54, 1.807) is 0 Å². The zero-order valence-electron chi connectivity index (χ0n) is 22.3. The first-order valence-electron chi connectivity index (χ1n) is 13.2. The molecule has 0 radical (unpaired) electrons. The smallest absolute Gasteiger partial charge is 0.269 e. The van der Waals surface area contributed by atoms with Crippen molar-refractivity contribution in [3.05, 3.63) is 34.4 Å². The van der Waals surface area contributed by atoms with Crippen LogP contribution >= 0.6 is 0 Å². The second-order valence-corrected chi connectivity index (χ2v) is 10.3. The lowest BCUT2D eigenvalue weighted by Gasteiger charge is -2.43. The van der Waals surface area contributed by atoms with Crippen molar-refractivity contribution in [3.63, 3.8) is 0 Å². The van der Waals surface area contributed by atoms with Crippen LogP contribution in [-0.4, -0.2) is 168 Å². The number of aliphatic hydroxyl groups is 10. The molecular formula is C24H35NO18. The van der Waals surface area contributed by atoms with E-state index in [0.29, 0.717) is 0 Å². The summed E-state index contributed by atoms with van der Waals surface area (Å²) in [6.07, 6.45) is -24.7. The number of hydrogen-bond donors (Lipinski definition) is 10. The first-order valence-corrected chi connectivity index (χ1v) is 13.2. The summed E-state index contributed by atoms with van der Waals surface area (Å²) < 4.78 is 32.5. The molecule has 0 bridgehead atoms. The van der Waals surface area contributed by atoms with Crippen molar-refractivity contribution in [2.45, 2.75) is 92.1 Å². The Hall–Kier alpha value is -2.18. The van der Waals surface area contributed by atoms with Gasteiger partial charge in [0, 0.05) is 12.1 Å². The zero-order chi connectivity index (χ0) is 31.6. The van der Waals surface area contributed by atoms with Crippen molar-refractivity contribution in [2.75, 3.05) is 19.8 Å². The maximum Gasteiger partial charge on any atom is 0.269 e. The fourth-order valence-electron chi connectivity index (χ4n) is 4.71. The number of non-ortho nitro benzene ring substituents is 1. The molecule has 43 heavy (non-hydrogen) atoms. The number of ether oxygens (including phenoxy) is 6. The quantitative estimate of drug-likeness (QED) is 0.0856. The van der Waals surface area contributed by atoms with Crippen LogP contribution in [-0.2, 0) is 23.7 Å². The standard InChI is InChI=1S/C24H35NO18/c26-5-10-13(27)16(30)19(33)22(41-10)38-6-11-14(28)17(31)20(34)23(42-11)39-7-12-15(29)18(32)21(35)24(43-12)40-9-3-1-8(2-4-9)25(36)37/h1-4,10-24,26-35H,5-7H2/t10-,11-,12-,13+,14+,15+,16+,17+,18+,19-,20-,21-,22-,23-,24-/m1/s1. The minimum absolute atomic E-state index is 0.0308. The lowest BCUT2D eigenvalue weighted by molar-refractivity contribution is -0.384. The summed E-state index contributed by atoms with van der Waals surface area (Å²) >= 11 is 0. The summed E-state index contributed by atoms with van der Waals surface area (Å²) in [5.74, 6) is 0.0308. The van der Waals surface area contributed by atoms with Crippen LogP contribution in [0.2, 0.25) is 0 Å². The van der Waals surface area contributed by atoms with Crippen molar-refractivity contribution in [1.82, 2.24) is 0 Å². The van der Waals surface area contributed by atoms with E-state index in [4.69, 9.17) is 28.4 Å². The van der Waals surface area contributed by atoms with Crippen LogP contribution in [0.15, 0.2) is 24.3 Å². The molecule has 3 aliphatic rings. The van der Waals surface area contributed by atoms with E-state index in [1.165, 1.54) is 12.1 Å². The Balaban J connectivity index is 1.36. The fourth-order valence-corrected chi connectivity index (χ4v) is 4.71. The van der Waals surface area contributed by atoms with Crippen LogP contribution in [0.25, 0.3) is 0 Å². The molecule has 0 aliphatic carbocycles. The number of aliphatic hydroxyl groups excluding tert-OH is 10.